The fourth-order valence-electron chi connectivity index (χ4n) is 1.34. The molecule has 6 nitrogen and oxygen atoms in total. The average Bonchev–Trinajstić information content (AvgIpc) is 2.85. The minimum atomic E-state index is -0.255. The van der Waals surface area contributed by atoms with Gasteiger partial charge in [0.1, 0.15) is 5.69 Å². The van der Waals surface area contributed by atoms with Crippen LogP contribution in [0, 0.1) is 0 Å². The van der Waals surface area contributed by atoms with E-state index in [-0.39, 0.29) is 11.3 Å². The van der Waals surface area contributed by atoms with E-state index in [9.17, 15) is 4.79 Å². The molecule has 2 aromatic heterocycles. The fourth-order valence-corrected chi connectivity index (χ4v) is 1.34. The summed E-state index contributed by atoms with van der Waals surface area (Å²) >= 11 is 0. The molecule has 3 N–H and O–H groups in total. The molecule has 0 fully saturated rings. The van der Waals surface area contributed by atoms with E-state index in [0.29, 0.717) is 11.5 Å². The van der Waals surface area contributed by atoms with Crippen LogP contribution in [0.1, 0.15) is 37.0 Å². The fraction of sp³-hybridized carbons (Fsp3) is 0.364. The van der Waals surface area contributed by atoms with E-state index < -0.39 is 0 Å². The molecule has 0 aliphatic heterocycles. The topological polar surface area (TPSA) is 86.5 Å². The van der Waals surface area contributed by atoms with Gasteiger partial charge in [0.05, 0.1) is 0 Å². The van der Waals surface area contributed by atoms with E-state index in [0.717, 1.165) is 5.69 Å². The van der Waals surface area contributed by atoms with Crippen molar-refractivity contribution in [2.24, 2.45) is 0 Å². The van der Waals surface area contributed by atoms with Gasteiger partial charge in [-0.1, -0.05) is 20.8 Å². The van der Waals surface area contributed by atoms with Crippen molar-refractivity contribution in [2.45, 2.75) is 26.2 Å². The molecule has 0 radical (unpaired) electrons. The van der Waals surface area contributed by atoms with Gasteiger partial charge in [-0.15, -0.1) is 0 Å². The molecule has 0 aliphatic rings. The molecule has 0 aliphatic carbocycles. The minimum Gasteiger partial charge on any atom is -0.304 e. The summed E-state index contributed by atoms with van der Waals surface area (Å²) in [6.07, 6.45) is 1.53. The van der Waals surface area contributed by atoms with E-state index in [1.807, 2.05) is 6.07 Å². The summed E-state index contributed by atoms with van der Waals surface area (Å²) in [5, 5.41) is 15.9. The average molecular weight is 233 g/mol. The van der Waals surface area contributed by atoms with E-state index in [2.05, 4.69) is 46.5 Å². The van der Waals surface area contributed by atoms with Crippen LogP contribution in [0.5, 0.6) is 0 Å². The largest absolute Gasteiger partial charge is 0.304 e. The van der Waals surface area contributed by atoms with Crippen LogP contribution in [0.4, 0.5) is 5.82 Å². The van der Waals surface area contributed by atoms with Crippen LogP contribution in [-0.2, 0) is 5.41 Å². The lowest BCUT2D eigenvalue weighted by atomic mass is 9.92. The van der Waals surface area contributed by atoms with Gasteiger partial charge in [-0.25, -0.2) is 0 Å². The first kappa shape index (κ1) is 11.4. The summed E-state index contributed by atoms with van der Waals surface area (Å²) in [6.45, 7) is 6.21. The van der Waals surface area contributed by atoms with Crippen molar-refractivity contribution in [1.82, 2.24) is 20.4 Å². The van der Waals surface area contributed by atoms with Gasteiger partial charge in [0.15, 0.2) is 5.82 Å². The molecule has 2 heterocycles. The summed E-state index contributed by atoms with van der Waals surface area (Å²) in [5.41, 5.74) is 1.35. The molecule has 6 heteroatoms. The Morgan fingerprint density at radius 2 is 2.12 bits per heavy atom. The second kappa shape index (κ2) is 4.04. The summed E-state index contributed by atoms with van der Waals surface area (Å²) in [7, 11) is 0. The number of carbonyl (C=O) groups is 1. The SMILES string of the molecule is CC(C)(C)c1cc(NC(=O)c2ccn[nH]2)n[nH]1. The van der Waals surface area contributed by atoms with Crippen LogP contribution in [0.3, 0.4) is 0 Å². The van der Waals surface area contributed by atoms with Gasteiger partial charge in [0, 0.05) is 23.4 Å². The van der Waals surface area contributed by atoms with E-state index in [1.54, 1.807) is 6.07 Å². The molecule has 0 aromatic carbocycles. The normalized spacial score (nSPS) is 11.5. The molecule has 0 saturated carbocycles. The smallest absolute Gasteiger partial charge is 0.274 e. The predicted molar refractivity (Wildman–Crippen MR) is 63.8 cm³/mol. The third kappa shape index (κ3) is 2.52. The van der Waals surface area contributed by atoms with Crippen LogP contribution in [0.15, 0.2) is 18.3 Å². The molecule has 0 bridgehead atoms. The third-order valence-electron chi connectivity index (χ3n) is 2.37. The standard InChI is InChI=1S/C11H15N5O/c1-11(2,3)8-6-9(16-15-8)13-10(17)7-4-5-12-14-7/h4-6H,1-3H3,(H,12,14)(H2,13,15,16,17). The molecule has 2 rings (SSSR count). The molecule has 1 amide bonds. The highest BCUT2D eigenvalue weighted by atomic mass is 16.2. The van der Waals surface area contributed by atoms with Crippen molar-refractivity contribution in [3.63, 3.8) is 0 Å². The van der Waals surface area contributed by atoms with Gasteiger partial charge in [-0.3, -0.25) is 15.0 Å². The third-order valence-corrected chi connectivity index (χ3v) is 2.37. The van der Waals surface area contributed by atoms with Gasteiger partial charge >= 0.3 is 0 Å². The molecule has 17 heavy (non-hydrogen) atoms. The number of hydrogen-bond donors (Lipinski definition) is 3. The lowest BCUT2D eigenvalue weighted by Crippen LogP contribution is -2.13. The second-order valence-corrected chi connectivity index (χ2v) is 4.84. The lowest BCUT2D eigenvalue weighted by molar-refractivity contribution is 0.102. The Morgan fingerprint density at radius 3 is 2.65 bits per heavy atom. The Bertz CT molecular complexity index is 506. The monoisotopic (exact) mass is 233 g/mol. The number of nitrogens with one attached hydrogen (secondary N) is 3. The summed E-state index contributed by atoms with van der Waals surface area (Å²) in [5.74, 6) is 0.254. The Balaban J connectivity index is 2.10. The zero-order chi connectivity index (χ0) is 12.5. The van der Waals surface area contributed by atoms with Crippen LogP contribution < -0.4 is 5.32 Å². The molecule has 0 spiro atoms. The highest BCUT2D eigenvalue weighted by Gasteiger charge is 2.17. The van der Waals surface area contributed by atoms with Gasteiger partial charge in [-0.05, 0) is 6.07 Å². The Labute approximate surface area is 98.8 Å². The lowest BCUT2D eigenvalue weighted by Gasteiger charge is -2.14. The first-order valence-electron chi connectivity index (χ1n) is 5.33. The summed E-state index contributed by atoms with van der Waals surface area (Å²) in [4.78, 5) is 11.7. The van der Waals surface area contributed by atoms with Gasteiger partial charge in [0.2, 0.25) is 0 Å². The zero-order valence-electron chi connectivity index (χ0n) is 10.0. The maximum atomic E-state index is 11.7. The quantitative estimate of drug-likeness (QED) is 0.737. The van der Waals surface area contributed by atoms with Crippen LogP contribution in [-0.4, -0.2) is 26.3 Å². The molecule has 0 unspecified atom stereocenters. The first-order chi connectivity index (χ1) is 7.97. The van der Waals surface area contributed by atoms with Crippen LogP contribution in [0.2, 0.25) is 0 Å². The van der Waals surface area contributed by atoms with E-state index in [1.165, 1.54) is 6.20 Å². The number of aromatic nitrogens is 4. The number of aromatic amines is 2. The summed E-state index contributed by atoms with van der Waals surface area (Å²) in [6, 6.07) is 3.43. The van der Waals surface area contributed by atoms with Crippen LogP contribution >= 0.6 is 0 Å². The van der Waals surface area contributed by atoms with E-state index in [4.69, 9.17) is 0 Å². The predicted octanol–water partition coefficient (Wildman–Crippen LogP) is 1.68. The number of hydrogen-bond acceptors (Lipinski definition) is 3. The molecular weight excluding hydrogens is 218 g/mol. The van der Waals surface area contributed by atoms with Crippen molar-refractivity contribution in [1.29, 1.82) is 0 Å². The number of anilines is 1. The molecule has 0 saturated heterocycles. The Morgan fingerprint density at radius 1 is 1.35 bits per heavy atom. The molecular formula is C11H15N5O. The number of carbonyl (C=O) groups excluding carboxylic acids is 1. The van der Waals surface area contributed by atoms with Crippen molar-refractivity contribution in [3.8, 4) is 0 Å². The summed E-state index contributed by atoms with van der Waals surface area (Å²) < 4.78 is 0. The Hall–Kier alpha value is -2.11. The number of H-pyrrole nitrogens is 2. The minimum absolute atomic E-state index is 0.0238. The molecule has 2 aromatic rings. The number of nitrogens with zero attached hydrogens (tertiary/aromatic N) is 2. The van der Waals surface area contributed by atoms with Gasteiger partial charge in [0.25, 0.3) is 5.91 Å². The maximum Gasteiger partial charge on any atom is 0.274 e. The van der Waals surface area contributed by atoms with Crippen molar-refractivity contribution in [3.05, 3.63) is 29.7 Å². The van der Waals surface area contributed by atoms with Crippen molar-refractivity contribution in [2.75, 3.05) is 5.32 Å². The molecule has 90 valence electrons. The van der Waals surface area contributed by atoms with Crippen molar-refractivity contribution >= 4 is 11.7 Å². The van der Waals surface area contributed by atoms with Gasteiger partial charge in [-0.2, -0.15) is 10.2 Å². The highest BCUT2D eigenvalue weighted by Crippen LogP contribution is 2.21. The highest BCUT2D eigenvalue weighted by molar-refractivity contribution is 6.02. The van der Waals surface area contributed by atoms with Crippen molar-refractivity contribution < 1.29 is 4.79 Å². The van der Waals surface area contributed by atoms with E-state index >= 15 is 0 Å². The van der Waals surface area contributed by atoms with Crippen LogP contribution in [0.25, 0.3) is 0 Å². The van der Waals surface area contributed by atoms with Gasteiger partial charge < -0.3 is 5.32 Å². The second-order valence-electron chi connectivity index (χ2n) is 4.84. The molecule has 0 atom stereocenters. The maximum absolute atomic E-state index is 11.7. The zero-order valence-corrected chi connectivity index (χ0v) is 10.0. The Kier molecular flexibility index (Phi) is 2.71. The number of rotatable bonds is 2. The number of amides is 1. The first-order valence-corrected chi connectivity index (χ1v) is 5.33.